The molecule has 3 rings (SSSR count). The van der Waals surface area contributed by atoms with Crippen LogP contribution in [0.3, 0.4) is 0 Å². The van der Waals surface area contributed by atoms with E-state index in [4.69, 9.17) is 0 Å². The Morgan fingerprint density at radius 2 is 2.24 bits per heavy atom. The molecule has 1 amide bonds. The standard InChI is InChI=1S/C13H16N2OS/c1-15-7-6-9(8-12(15)16)13-14-10-4-2-3-5-11(10)17-13/h2-5,9,13-14H,6-8H2,1H3/t9-,13?/m0/s1. The monoisotopic (exact) mass is 248 g/mol. The maximum Gasteiger partial charge on any atom is 0.222 e. The van der Waals surface area contributed by atoms with Gasteiger partial charge in [-0.1, -0.05) is 23.9 Å². The Morgan fingerprint density at radius 3 is 3.00 bits per heavy atom. The van der Waals surface area contributed by atoms with Gasteiger partial charge in [0.05, 0.1) is 5.37 Å². The number of piperidine rings is 1. The third-order valence-corrected chi connectivity index (χ3v) is 4.93. The van der Waals surface area contributed by atoms with Crippen LogP contribution in [0.4, 0.5) is 5.69 Å². The fraction of sp³-hybridized carbons (Fsp3) is 0.462. The normalized spacial score (nSPS) is 27.8. The van der Waals surface area contributed by atoms with Crippen LogP contribution in [0, 0.1) is 5.92 Å². The van der Waals surface area contributed by atoms with E-state index in [1.807, 2.05) is 23.7 Å². The fourth-order valence-electron chi connectivity index (χ4n) is 2.45. The van der Waals surface area contributed by atoms with E-state index in [0.717, 1.165) is 13.0 Å². The summed E-state index contributed by atoms with van der Waals surface area (Å²) in [4.78, 5) is 14.9. The van der Waals surface area contributed by atoms with E-state index < -0.39 is 0 Å². The Labute approximate surface area is 106 Å². The summed E-state index contributed by atoms with van der Waals surface area (Å²) in [7, 11) is 1.89. The van der Waals surface area contributed by atoms with Crippen molar-refractivity contribution in [1.29, 1.82) is 0 Å². The molecule has 1 aromatic rings. The van der Waals surface area contributed by atoms with E-state index in [-0.39, 0.29) is 5.91 Å². The number of carbonyl (C=O) groups excluding carboxylic acids is 1. The van der Waals surface area contributed by atoms with Crippen molar-refractivity contribution in [2.75, 3.05) is 18.9 Å². The van der Waals surface area contributed by atoms with Crippen molar-refractivity contribution in [2.24, 2.45) is 5.92 Å². The van der Waals surface area contributed by atoms with E-state index in [9.17, 15) is 4.79 Å². The minimum Gasteiger partial charge on any atom is -0.372 e. The Bertz CT molecular complexity index is 424. The molecule has 2 aliphatic rings. The van der Waals surface area contributed by atoms with E-state index in [1.165, 1.54) is 10.6 Å². The number of nitrogens with zero attached hydrogens (tertiary/aromatic N) is 1. The number of nitrogens with one attached hydrogen (secondary N) is 1. The van der Waals surface area contributed by atoms with Crippen LogP contribution in [0.5, 0.6) is 0 Å². The van der Waals surface area contributed by atoms with Gasteiger partial charge in [0.25, 0.3) is 0 Å². The van der Waals surface area contributed by atoms with Crippen molar-refractivity contribution in [1.82, 2.24) is 4.90 Å². The zero-order valence-corrected chi connectivity index (χ0v) is 10.7. The number of thioether (sulfide) groups is 1. The van der Waals surface area contributed by atoms with Crippen molar-refractivity contribution in [3.63, 3.8) is 0 Å². The van der Waals surface area contributed by atoms with Gasteiger partial charge in [-0.05, 0) is 24.5 Å². The number of carbonyl (C=O) groups is 1. The summed E-state index contributed by atoms with van der Waals surface area (Å²) in [6.45, 7) is 0.887. The van der Waals surface area contributed by atoms with Crippen LogP contribution < -0.4 is 5.32 Å². The topological polar surface area (TPSA) is 32.3 Å². The van der Waals surface area contributed by atoms with Crippen LogP contribution in [-0.2, 0) is 4.79 Å². The van der Waals surface area contributed by atoms with Gasteiger partial charge in [-0.3, -0.25) is 4.79 Å². The summed E-state index contributed by atoms with van der Waals surface area (Å²) in [5.41, 5.74) is 1.22. The maximum atomic E-state index is 11.7. The Kier molecular flexibility index (Phi) is 2.74. The third kappa shape index (κ3) is 2.02. The number of amides is 1. The second-order valence-corrected chi connectivity index (χ2v) is 5.93. The molecule has 1 fully saturated rings. The molecule has 2 heterocycles. The smallest absolute Gasteiger partial charge is 0.222 e. The molecule has 2 aliphatic heterocycles. The van der Waals surface area contributed by atoms with Crippen LogP contribution in [0.1, 0.15) is 12.8 Å². The second-order valence-electron chi connectivity index (χ2n) is 4.75. The van der Waals surface area contributed by atoms with Gasteiger partial charge >= 0.3 is 0 Å². The van der Waals surface area contributed by atoms with Crippen LogP contribution >= 0.6 is 11.8 Å². The molecule has 0 aliphatic carbocycles. The summed E-state index contributed by atoms with van der Waals surface area (Å²) < 4.78 is 0. The summed E-state index contributed by atoms with van der Waals surface area (Å²) in [6, 6.07) is 8.37. The van der Waals surface area contributed by atoms with Crippen molar-refractivity contribution in [3.8, 4) is 0 Å². The van der Waals surface area contributed by atoms with Crippen LogP contribution in [0.2, 0.25) is 0 Å². The van der Waals surface area contributed by atoms with E-state index in [1.54, 1.807) is 0 Å². The molecular formula is C13H16N2OS. The number of hydrogen-bond acceptors (Lipinski definition) is 3. The number of rotatable bonds is 1. The van der Waals surface area contributed by atoms with Gasteiger partial charge in [0.1, 0.15) is 0 Å². The summed E-state index contributed by atoms with van der Waals surface area (Å²) >= 11 is 1.86. The van der Waals surface area contributed by atoms with Gasteiger partial charge in [0.2, 0.25) is 5.91 Å². The highest BCUT2D eigenvalue weighted by molar-refractivity contribution is 8.00. The molecule has 1 aromatic carbocycles. The van der Waals surface area contributed by atoms with Crippen LogP contribution in [-0.4, -0.2) is 29.8 Å². The third-order valence-electron chi connectivity index (χ3n) is 3.56. The lowest BCUT2D eigenvalue weighted by molar-refractivity contribution is -0.133. The Balaban J connectivity index is 1.71. The number of hydrogen-bond donors (Lipinski definition) is 1. The van der Waals surface area contributed by atoms with Crippen molar-refractivity contribution in [3.05, 3.63) is 24.3 Å². The average Bonchev–Trinajstić information content (AvgIpc) is 2.76. The van der Waals surface area contributed by atoms with Crippen molar-refractivity contribution >= 4 is 23.4 Å². The first-order valence-electron chi connectivity index (χ1n) is 6.00. The molecule has 1 unspecified atom stereocenters. The quantitative estimate of drug-likeness (QED) is 0.828. The predicted molar refractivity (Wildman–Crippen MR) is 70.1 cm³/mol. The van der Waals surface area contributed by atoms with Gasteiger partial charge in [-0.2, -0.15) is 0 Å². The Hall–Kier alpha value is -1.16. The molecule has 2 atom stereocenters. The molecular weight excluding hydrogens is 232 g/mol. The molecule has 3 nitrogen and oxygen atoms in total. The zero-order chi connectivity index (χ0) is 11.8. The lowest BCUT2D eigenvalue weighted by Crippen LogP contribution is -2.40. The second kappa shape index (κ2) is 4.26. The first-order valence-corrected chi connectivity index (χ1v) is 6.88. The molecule has 0 aromatic heterocycles. The van der Waals surface area contributed by atoms with Gasteiger partial charge in [-0.25, -0.2) is 0 Å². The van der Waals surface area contributed by atoms with Gasteiger partial charge in [-0.15, -0.1) is 0 Å². The molecule has 0 bridgehead atoms. The van der Waals surface area contributed by atoms with Crippen molar-refractivity contribution < 1.29 is 4.79 Å². The lowest BCUT2D eigenvalue weighted by atomic mass is 9.96. The number of anilines is 1. The number of fused-ring (bicyclic) bond motifs is 1. The van der Waals surface area contributed by atoms with E-state index in [0.29, 0.717) is 17.7 Å². The van der Waals surface area contributed by atoms with Crippen molar-refractivity contribution in [2.45, 2.75) is 23.1 Å². The summed E-state index contributed by atoms with van der Waals surface area (Å²) in [6.07, 6.45) is 1.77. The first kappa shape index (κ1) is 11.0. The van der Waals surface area contributed by atoms with Crippen LogP contribution in [0.25, 0.3) is 0 Å². The fourth-order valence-corrected chi connectivity index (χ4v) is 3.74. The molecule has 0 saturated carbocycles. The largest absolute Gasteiger partial charge is 0.372 e. The van der Waals surface area contributed by atoms with Gasteiger partial charge in [0.15, 0.2) is 0 Å². The van der Waals surface area contributed by atoms with Gasteiger partial charge < -0.3 is 10.2 Å². The number of likely N-dealkylation sites (tertiary alicyclic amines) is 1. The molecule has 1 saturated heterocycles. The molecule has 0 radical (unpaired) electrons. The first-order chi connectivity index (χ1) is 8.24. The van der Waals surface area contributed by atoms with E-state index in [2.05, 4.69) is 29.6 Å². The average molecular weight is 248 g/mol. The van der Waals surface area contributed by atoms with Gasteiger partial charge in [0, 0.05) is 30.6 Å². The summed E-state index contributed by atoms with van der Waals surface area (Å²) in [5.74, 6) is 0.732. The highest BCUT2D eigenvalue weighted by atomic mass is 32.2. The van der Waals surface area contributed by atoms with E-state index >= 15 is 0 Å². The predicted octanol–water partition coefficient (Wildman–Crippen LogP) is 2.40. The molecule has 90 valence electrons. The molecule has 17 heavy (non-hydrogen) atoms. The Morgan fingerprint density at radius 1 is 1.41 bits per heavy atom. The number of para-hydroxylation sites is 1. The zero-order valence-electron chi connectivity index (χ0n) is 9.85. The summed E-state index contributed by atoms with van der Waals surface area (Å²) in [5, 5.41) is 3.90. The van der Waals surface area contributed by atoms with Crippen LogP contribution in [0.15, 0.2) is 29.2 Å². The maximum absolute atomic E-state index is 11.7. The minimum absolute atomic E-state index is 0.277. The molecule has 0 spiro atoms. The molecule has 1 N–H and O–H groups in total. The minimum atomic E-state index is 0.277. The number of benzene rings is 1. The highest BCUT2D eigenvalue weighted by Crippen LogP contribution is 2.43. The highest BCUT2D eigenvalue weighted by Gasteiger charge is 2.33. The lowest BCUT2D eigenvalue weighted by Gasteiger charge is -2.31. The molecule has 4 heteroatoms. The SMILES string of the molecule is CN1CC[C@H](C2Nc3ccccc3S2)CC1=O.